The second-order valence-electron chi connectivity index (χ2n) is 6.26. The minimum atomic E-state index is -0.263. The summed E-state index contributed by atoms with van der Waals surface area (Å²) in [5, 5.41) is 6.19. The summed E-state index contributed by atoms with van der Waals surface area (Å²) in [5.74, 6) is -0.445. The van der Waals surface area contributed by atoms with E-state index in [4.69, 9.17) is 11.6 Å². The molecular weight excluding hydrogens is 440 g/mol. The second kappa shape index (κ2) is 9.04. The molecule has 0 radical (unpaired) electrons. The van der Waals surface area contributed by atoms with Crippen molar-refractivity contribution in [2.45, 2.75) is 13.0 Å². The molecule has 0 saturated carbocycles. The van der Waals surface area contributed by atoms with Crippen molar-refractivity contribution in [2.75, 3.05) is 5.32 Å². The first-order chi connectivity index (χ1) is 13.4. The van der Waals surface area contributed by atoms with Crippen LogP contribution >= 0.6 is 27.5 Å². The third kappa shape index (κ3) is 5.00. The molecule has 142 valence electrons. The summed E-state index contributed by atoms with van der Waals surface area (Å²) in [6.07, 6.45) is 0. The molecule has 28 heavy (non-hydrogen) atoms. The molecule has 0 aliphatic heterocycles. The molecule has 0 heterocycles. The van der Waals surface area contributed by atoms with Gasteiger partial charge in [-0.3, -0.25) is 9.59 Å². The first kappa shape index (κ1) is 20.1. The maximum atomic E-state index is 12.5. The molecule has 4 nitrogen and oxygen atoms in total. The first-order valence-electron chi connectivity index (χ1n) is 8.66. The Kier molecular flexibility index (Phi) is 6.49. The molecule has 6 heteroatoms. The average Bonchev–Trinajstić information content (AvgIpc) is 2.68. The highest BCUT2D eigenvalue weighted by Crippen LogP contribution is 2.23. The summed E-state index contributed by atoms with van der Waals surface area (Å²) in [5.41, 5.74) is 2.52. The third-order valence-electron chi connectivity index (χ3n) is 4.20. The van der Waals surface area contributed by atoms with Crippen molar-refractivity contribution < 1.29 is 9.59 Å². The molecule has 0 fully saturated rings. The Morgan fingerprint density at radius 3 is 2.39 bits per heavy atom. The standard InChI is InChI=1S/C22H18BrClN2O2/c1-14(25-22(28)19-11-10-17(23)13-20(19)24)16-8-5-9-18(12-16)26-21(27)15-6-3-2-4-7-15/h2-14H,1H3,(H,25,28)(H,26,27). The van der Waals surface area contributed by atoms with E-state index < -0.39 is 0 Å². The highest BCUT2D eigenvalue weighted by molar-refractivity contribution is 9.10. The smallest absolute Gasteiger partial charge is 0.255 e. The van der Waals surface area contributed by atoms with Crippen molar-refractivity contribution in [3.8, 4) is 0 Å². The van der Waals surface area contributed by atoms with Gasteiger partial charge in [-0.15, -0.1) is 0 Å². The summed E-state index contributed by atoms with van der Waals surface area (Å²) in [7, 11) is 0. The van der Waals surface area contributed by atoms with Crippen LogP contribution in [-0.2, 0) is 0 Å². The zero-order valence-corrected chi connectivity index (χ0v) is 17.4. The monoisotopic (exact) mass is 456 g/mol. The van der Waals surface area contributed by atoms with Crippen LogP contribution in [0.15, 0.2) is 77.3 Å². The third-order valence-corrected chi connectivity index (χ3v) is 5.01. The topological polar surface area (TPSA) is 58.2 Å². The lowest BCUT2D eigenvalue weighted by atomic mass is 10.1. The second-order valence-corrected chi connectivity index (χ2v) is 7.59. The average molecular weight is 458 g/mol. The van der Waals surface area contributed by atoms with Gasteiger partial charge in [0.05, 0.1) is 16.6 Å². The molecule has 0 aliphatic rings. The van der Waals surface area contributed by atoms with Crippen LogP contribution in [0.3, 0.4) is 0 Å². The summed E-state index contributed by atoms with van der Waals surface area (Å²) < 4.78 is 0.809. The molecule has 3 rings (SSSR count). The van der Waals surface area contributed by atoms with Gasteiger partial charge in [0.15, 0.2) is 0 Å². The zero-order chi connectivity index (χ0) is 20.1. The molecule has 0 aliphatic carbocycles. The van der Waals surface area contributed by atoms with Crippen LogP contribution in [0.4, 0.5) is 5.69 Å². The molecule has 0 spiro atoms. The van der Waals surface area contributed by atoms with Gasteiger partial charge in [0.1, 0.15) is 0 Å². The minimum Gasteiger partial charge on any atom is -0.345 e. The lowest BCUT2D eigenvalue weighted by molar-refractivity contribution is 0.0939. The number of anilines is 1. The molecule has 2 N–H and O–H groups in total. The molecule has 3 aromatic carbocycles. The van der Waals surface area contributed by atoms with Crippen molar-refractivity contribution in [1.29, 1.82) is 0 Å². The number of hydrogen-bond donors (Lipinski definition) is 2. The van der Waals surface area contributed by atoms with E-state index in [0.717, 1.165) is 10.0 Å². The number of carbonyl (C=O) groups is 2. The van der Waals surface area contributed by atoms with Gasteiger partial charge in [0, 0.05) is 15.7 Å². The summed E-state index contributed by atoms with van der Waals surface area (Å²) >= 11 is 9.48. The SMILES string of the molecule is CC(NC(=O)c1ccc(Br)cc1Cl)c1cccc(NC(=O)c2ccccc2)c1. The van der Waals surface area contributed by atoms with Gasteiger partial charge < -0.3 is 10.6 Å². The molecular formula is C22H18BrClN2O2. The van der Waals surface area contributed by atoms with Gasteiger partial charge in [0.2, 0.25) is 0 Å². The number of nitrogens with one attached hydrogen (secondary N) is 2. The van der Waals surface area contributed by atoms with Crippen molar-refractivity contribution in [3.05, 3.63) is 99.0 Å². The van der Waals surface area contributed by atoms with E-state index in [2.05, 4.69) is 26.6 Å². The van der Waals surface area contributed by atoms with Crippen molar-refractivity contribution in [1.82, 2.24) is 5.32 Å². The van der Waals surface area contributed by atoms with E-state index in [-0.39, 0.29) is 17.9 Å². The van der Waals surface area contributed by atoms with Crippen LogP contribution in [0.1, 0.15) is 39.2 Å². The Balaban J connectivity index is 1.70. The lowest BCUT2D eigenvalue weighted by Crippen LogP contribution is -2.27. The maximum absolute atomic E-state index is 12.5. The summed E-state index contributed by atoms with van der Waals surface area (Å²) in [6, 6.07) is 21.2. The van der Waals surface area contributed by atoms with Crippen LogP contribution < -0.4 is 10.6 Å². The van der Waals surface area contributed by atoms with Crippen molar-refractivity contribution in [3.63, 3.8) is 0 Å². The highest BCUT2D eigenvalue weighted by atomic mass is 79.9. The van der Waals surface area contributed by atoms with Crippen LogP contribution in [0.2, 0.25) is 5.02 Å². The fourth-order valence-electron chi connectivity index (χ4n) is 2.71. The molecule has 2 amide bonds. The summed E-state index contributed by atoms with van der Waals surface area (Å²) in [4.78, 5) is 24.9. The van der Waals surface area contributed by atoms with Crippen LogP contribution in [0.5, 0.6) is 0 Å². The Labute approximate surface area is 177 Å². The van der Waals surface area contributed by atoms with Gasteiger partial charge in [-0.2, -0.15) is 0 Å². The summed E-state index contributed by atoms with van der Waals surface area (Å²) in [6.45, 7) is 1.88. The normalized spacial score (nSPS) is 11.5. The fourth-order valence-corrected chi connectivity index (χ4v) is 3.47. The van der Waals surface area contributed by atoms with E-state index >= 15 is 0 Å². The molecule has 3 aromatic rings. The van der Waals surface area contributed by atoms with Crippen LogP contribution in [-0.4, -0.2) is 11.8 Å². The van der Waals surface area contributed by atoms with Crippen molar-refractivity contribution in [2.24, 2.45) is 0 Å². The molecule has 0 aromatic heterocycles. The molecule has 0 saturated heterocycles. The first-order valence-corrected chi connectivity index (χ1v) is 9.83. The Morgan fingerprint density at radius 2 is 1.68 bits per heavy atom. The van der Waals surface area contributed by atoms with Crippen molar-refractivity contribution >= 4 is 45.0 Å². The Hall–Kier alpha value is -2.63. The largest absolute Gasteiger partial charge is 0.345 e. The van der Waals surface area contributed by atoms with E-state index in [1.807, 2.05) is 49.4 Å². The number of amides is 2. The Morgan fingerprint density at radius 1 is 0.929 bits per heavy atom. The highest BCUT2D eigenvalue weighted by Gasteiger charge is 2.15. The quantitative estimate of drug-likeness (QED) is 0.505. The predicted octanol–water partition coefficient (Wildman–Crippen LogP) is 5.85. The van der Waals surface area contributed by atoms with Gasteiger partial charge in [-0.25, -0.2) is 0 Å². The van der Waals surface area contributed by atoms with Gasteiger partial charge >= 0.3 is 0 Å². The zero-order valence-electron chi connectivity index (χ0n) is 15.1. The number of halogens is 2. The fraction of sp³-hybridized carbons (Fsp3) is 0.0909. The number of hydrogen-bond acceptors (Lipinski definition) is 2. The molecule has 0 bridgehead atoms. The van der Waals surface area contributed by atoms with Crippen LogP contribution in [0.25, 0.3) is 0 Å². The number of carbonyl (C=O) groups excluding carboxylic acids is 2. The number of rotatable bonds is 5. The number of benzene rings is 3. The Bertz CT molecular complexity index is 1010. The van der Waals surface area contributed by atoms with E-state index in [9.17, 15) is 9.59 Å². The van der Waals surface area contributed by atoms with Crippen LogP contribution in [0, 0.1) is 0 Å². The van der Waals surface area contributed by atoms with Gasteiger partial charge in [-0.05, 0) is 55.0 Å². The maximum Gasteiger partial charge on any atom is 0.255 e. The minimum absolute atomic E-state index is 0.184. The predicted molar refractivity (Wildman–Crippen MR) is 116 cm³/mol. The van der Waals surface area contributed by atoms with E-state index in [1.165, 1.54) is 0 Å². The van der Waals surface area contributed by atoms with E-state index in [0.29, 0.717) is 21.8 Å². The molecule has 1 atom stereocenters. The van der Waals surface area contributed by atoms with Gasteiger partial charge in [-0.1, -0.05) is 57.9 Å². The lowest BCUT2D eigenvalue weighted by Gasteiger charge is -2.16. The van der Waals surface area contributed by atoms with Gasteiger partial charge in [0.25, 0.3) is 11.8 Å². The van der Waals surface area contributed by atoms with E-state index in [1.54, 1.807) is 30.3 Å². The molecule has 1 unspecified atom stereocenters.